The third-order valence-electron chi connectivity index (χ3n) is 3.89. The molecule has 0 aromatic heterocycles. The Kier molecular flexibility index (Phi) is 2.28. The van der Waals surface area contributed by atoms with Crippen molar-refractivity contribution >= 4 is 0 Å². The Morgan fingerprint density at radius 3 is 2.40 bits per heavy atom. The molecule has 3 rings (SSSR count). The van der Waals surface area contributed by atoms with E-state index in [0.29, 0.717) is 6.04 Å². The molecular weight excluding hydrogens is 182 g/mol. The van der Waals surface area contributed by atoms with Gasteiger partial charge in [0.2, 0.25) is 0 Å². The second kappa shape index (κ2) is 3.64. The fourth-order valence-electron chi connectivity index (χ4n) is 2.88. The Labute approximate surface area is 92.1 Å². The first-order chi connectivity index (χ1) is 7.36. The predicted molar refractivity (Wildman–Crippen MR) is 63.0 cm³/mol. The van der Waals surface area contributed by atoms with Crippen molar-refractivity contribution in [2.75, 3.05) is 13.6 Å². The van der Waals surface area contributed by atoms with Crippen LogP contribution in [0.15, 0.2) is 24.3 Å². The standard InChI is InChI=1S/C14H19N/c1-15-10-4-7-14(15)13-6-3-2-5-12(13)11-8-9-11/h2-3,5-6,11,14H,4,7-10H2,1H3. The predicted octanol–water partition coefficient (Wildman–Crippen LogP) is 3.33. The van der Waals surface area contributed by atoms with Gasteiger partial charge in [-0.05, 0) is 56.3 Å². The topological polar surface area (TPSA) is 3.24 Å². The van der Waals surface area contributed by atoms with E-state index < -0.39 is 0 Å². The van der Waals surface area contributed by atoms with Gasteiger partial charge in [0.15, 0.2) is 0 Å². The van der Waals surface area contributed by atoms with Crippen LogP contribution >= 0.6 is 0 Å². The Balaban J connectivity index is 1.95. The van der Waals surface area contributed by atoms with Crippen molar-refractivity contribution in [1.29, 1.82) is 0 Å². The van der Waals surface area contributed by atoms with Crippen LogP contribution in [0.5, 0.6) is 0 Å². The summed E-state index contributed by atoms with van der Waals surface area (Å²) in [6, 6.07) is 9.79. The highest BCUT2D eigenvalue weighted by Gasteiger charge is 2.30. The molecule has 0 amide bonds. The molecule has 0 N–H and O–H groups in total. The highest BCUT2D eigenvalue weighted by molar-refractivity contribution is 5.35. The van der Waals surface area contributed by atoms with Crippen LogP contribution in [0.1, 0.15) is 48.8 Å². The van der Waals surface area contributed by atoms with E-state index in [1.807, 2.05) is 0 Å². The first-order valence-electron chi connectivity index (χ1n) is 6.15. The molecule has 1 atom stereocenters. The quantitative estimate of drug-likeness (QED) is 0.709. The summed E-state index contributed by atoms with van der Waals surface area (Å²) in [6.07, 6.45) is 5.53. The van der Waals surface area contributed by atoms with Crippen LogP contribution in [0.3, 0.4) is 0 Å². The zero-order valence-corrected chi connectivity index (χ0v) is 9.45. The number of rotatable bonds is 2. The van der Waals surface area contributed by atoms with Crippen molar-refractivity contribution in [3.63, 3.8) is 0 Å². The minimum atomic E-state index is 0.696. The van der Waals surface area contributed by atoms with E-state index >= 15 is 0 Å². The van der Waals surface area contributed by atoms with Gasteiger partial charge in [-0.15, -0.1) is 0 Å². The molecule has 1 unspecified atom stereocenters. The maximum Gasteiger partial charge on any atom is 0.0348 e. The van der Waals surface area contributed by atoms with Crippen LogP contribution in [-0.4, -0.2) is 18.5 Å². The average molecular weight is 201 g/mol. The molecular formula is C14H19N. The summed E-state index contributed by atoms with van der Waals surface area (Å²) < 4.78 is 0. The number of hydrogen-bond donors (Lipinski definition) is 0. The van der Waals surface area contributed by atoms with E-state index in [9.17, 15) is 0 Å². The molecule has 15 heavy (non-hydrogen) atoms. The molecule has 1 heteroatoms. The normalized spacial score (nSPS) is 27.1. The molecule has 2 fully saturated rings. The summed E-state index contributed by atoms with van der Waals surface area (Å²) in [5, 5.41) is 0. The van der Waals surface area contributed by atoms with Crippen molar-refractivity contribution in [3.8, 4) is 0 Å². The largest absolute Gasteiger partial charge is 0.299 e. The lowest BCUT2D eigenvalue weighted by atomic mass is 9.96. The number of likely N-dealkylation sites (tertiary alicyclic amines) is 1. The van der Waals surface area contributed by atoms with Crippen LogP contribution in [0.25, 0.3) is 0 Å². The van der Waals surface area contributed by atoms with Crippen LogP contribution in [0, 0.1) is 0 Å². The Morgan fingerprint density at radius 2 is 1.80 bits per heavy atom. The SMILES string of the molecule is CN1CCCC1c1ccccc1C1CC1. The van der Waals surface area contributed by atoms with Crippen molar-refractivity contribution < 1.29 is 0 Å². The van der Waals surface area contributed by atoms with Gasteiger partial charge in [0.1, 0.15) is 0 Å². The molecule has 2 aliphatic rings. The third kappa shape index (κ3) is 1.69. The van der Waals surface area contributed by atoms with E-state index in [2.05, 4.69) is 36.2 Å². The van der Waals surface area contributed by atoms with Gasteiger partial charge in [0.25, 0.3) is 0 Å². The van der Waals surface area contributed by atoms with Crippen molar-refractivity contribution in [3.05, 3.63) is 35.4 Å². The van der Waals surface area contributed by atoms with Crippen LogP contribution in [-0.2, 0) is 0 Å². The van der Waals surface area contributed by atoms with E-state index in [4.69, 9.17) is 0 Å². The minimum Gasteiger partial charge on any atom is -0.299 e. The third-order valence-corrected chi connectivity index (χ3v) is 3.89. The minimum absolute atomic E-state index is 0.696. The highest BCUT2D eigenvalue weighted by atomic mass is 15.1. The van der Waals surface area contributed by atoms with Gasteiger partial charge in [-0.2, -0.15) is 0 Å². The van der Waals surface area contributed by atoms with E-state index in [0.717, 1.165) is 5.92 Å². The molecule has 1 aromatic rings. The van der Waals surface area contributed by atoms with Crippen LogP contribution in [0.2, 0.25) is 0 Å². The summed E-state index contributed by atoms with van der Waals surface area (Å²) >= 11 is 0. The number of nitrogens with zero attached hydrogens (tertiary/aromatic N) is 1. The van der Waals surface area contributed by atoms with Gasteiger partial charge in [0, 0.05) is 6.04 Å². The molecule has 1 saturated carbocycles. The molecule has 1 aliphatic carbocycles. The lowest BCUT2D eigenvalue weighted by molar-refractivity contribution is 0.316. The first-order valence-corrected chi connectivity index (χ1v) is 6.15. The Bertz CT molecular complexity index is 354. The zero-order chi connectivity index (χ0) is 10.3. The van der Waals surface area contributed by atoms with E-state index in [-0.39, 0.29) is 0 Å². The lowest BCUT2D eigenvalue weighted by Crippen LogP contribution is -2.18. The molecule has 1 saturated heterocycles. The summed E-state index contributed by atoms with van der Waals surface area (Å²) in [5.41, 5.74) is 3.25. The maximum atomic E-state index is 2.52. The van der Waals surface area contributed by atoms with E-state index in [1.165, 1.54) is 32.2 Å². The van der Waals surface area contributed by atoms with Gasteiger partial charge in [-0.1, -0.05) is 24.3 Å². The van der Waals surface area contributed by atoms with Gasteiger partial charge in [-0.3, -0.25) is 4.90 Å². The van der Waals surface area contributed by atoms with Crippen LogP contribution in [0.4, 0.5) is 0 Å². The molecule has 1 aromatic carbocycles. The zero-order valence-electron chi connectivity index (χ0n) is 9.45. The Morgan fingerprint density at radius 1 is 1.07 bits per heavy atom. The average Bonchev–Trinajstić information content (AvgIpc) is 3.02. The van der Waals surface area contributed by atoms with E-state index in [1.54, 1.807) is 11.1 Å². The molecule has 0 radical (unpaired) electrons. The monoisotopic (exact) mass is 201 g/mol. The maximum absolute atomic E-state index is 2.52. The van der Waals surface area contributed by atoms with Crippen molar-refractivity contribution in [2.45, 2.75) is 37.6 Å². The molecule has 1 heterocycles. The molecule has 1 nitrogen and oxygen atoms in total. The van der Waals surface area contributed by atoms with Crippen molar-refractivity contribution in [2.24, 2.45) is 0 Å². The van der Waals surface area contributed by atoms with Gasteiger partial charge in [0.05, 0.1) is 0 Å². The summed E-state index contributed by atoms with van der Waals surface area (Å²) in [4.78, 5) is 2.52. The molecule has 0 spiro atoms. The van der Waals surface area contributed by atoms with Gasteiger partial charge in [-0.25, -0.2) is 0 Å². The van der Waals surface area contributed by atoms with Gasteiger partial charge < -0.3 is 0 Å². The number of hydrogen-bond acceptors (Lipinski definition) is 1. The second-order valence-electron chi connectivity index (χ2n) is 5.04. The van der Waals surface area contributed by atoms with Gasteiger partial charge >= 0.3 is 0 Å². The lowest BCUT2D eigenvalue weighted by Gasteiger charge is -2.22. The van der Waals surface area contributed by atoms with Crippen molar-refractivity contribution in [1.82, 2.24) is 4.90 Å². The summed E-state index contributed by atoms with van der Waals surface area (Å²) in [7, 11) is 2.27. The Hall–Kier alpha value is -0.820. The molecule has 80 valence electrons. The molecule has 0 bridgehead atoms. The summed E-state index contributed by atoms with van der Waals surface area (Å²) in [6.45, 7) is 1.27. The fraction of sp³-hybridized carbons (Fsp3) is 0.571. The smallest absolute Gasteiger partial charge is 0.0348 e. The number of benzene rings is 1. The fourth-order valence-corrected chi connectivity index (χ4v) is 2.88. The van der Waals surface area contributed by atoms with Crippen LogP contribution < -0.4 is 0 Å². The summed E-state index contributed by atoms with van der Waals surface area (Å²) in [5.74, 6) is 0.884. The first kappa shape index (κ1) is 9.41. The molecule has 1 aliphatic heterocycles. The second-order valence-corrected chi connectivity index (χ2v) is 5.04. The highest BCUT2D eigenvalue weighted by Crippen LogP contribution is 2.45.